The van der Waals surface area contributed by atoms with E-state index in [1.54, 1.807) is 7.11 Å². The molecule has 1 aromatic rings. The van der Waals surface area contributed by atoms with Crippen LogP contribution in [-0.4, -0.2) is 41.7 Å². The van der Waals surface area contributed by atoms with E-state index in [1.165, 1.54) is 0 Å². The van der Waals surface area contributed by atoms with E-state index < -0.39 is 8.32 Å². The number of rotatable bonds is 11. The van der Waals surface area contributed by atoms with Crippen molar-refractivity contribution in [1.82, 2.24) is 5.32 Å². The van der Waals surface area contributed by atoms with Crippen molar-refractivity contribution in [3.05, 3.63) is 29.8 Å². The van der Waals surface area contributed by atoms with Crippen LogP contribution in [-0.2, 0) is 15.8 Å². The van der Waals surface area contributed by atoms with Gasteiger partial charge >= 0.3 is 0 Å². The predicted molar refractivity (Wildman–Crippen MR) is 117 cm³/mol. The molecule has 0 aliphatic heterocycles. The lowest BCUT2D eigenvalue weighted by atomic mass is 9.94. The van der Waals surface area contributed by atoms with Crippen molar-refractivity contribution in [1.29, 1.82) is 0 Å². The monoisotopic (exact) mass is 395 g/mol. The van der Waals surface area contributed by atoms with Gasteiger partial charge in [-0.3, -0.25) is 0 Å². The van der Waals surface area contributed by atoms with Crippen molar-refractivity contribution in [2.75, 3.05) is 27.3 Å². The second-order valence-corrected chi connectivity index (χ2v) is 14.0. The first kappa shape index (κ1) is 24.2. The van der Waals surface area contributed by atoms with Gasteiger partial charge in [-0.25, -0.2) is 0 Å². The maximum absolute atomic E-state index is 6.81. The first-order valence-electron chi connectivity index (χ1n) is 10.0. The molecule has 0 unspecified atom stereocenters. The molecule has 0 spiro atoms. The molecule has 1 aromatic carbocycles. The maximum atomic E-state index is 6.81. The first-order chi connectivity index (χ1) is 12.5. The fraction of sp³-hybridized carbons (Fsp3) is 0.727. The predicted octanol–water partition coefficient (Wildman–Crippen LogP) is 5.09. The zero-order valence-corrected chi connectivity index (χ0v) is 19.9. The van der Waals surface area contributed by atoms with Crippen LogP contribution in [0.5, 0.6) is 5.75 Å². The van der Waals surface area contributed by atoms with Gasteiger partial charge in [0.05, 0.1) is 26.4 Å². The molecule has 0 saturated carbocycles. The lowest BCUT2D eigenvalue weighted by Gasteiger charge is -2.43. The summed E-state index contributed by atoms with van der Waals surface area (Å²) in [6, 6.07) is 8.05. The number of methoxy groups -OCH3 is 1. The molecule has 156 valence electrons. The Morgan fingerprint density at radius 3 is 2.11 bits per heavy atom. The molecule has 4 nitrogen and oxygen atoms in total. The van der Waals surface area contributed by atoms with Gasteiger partial charge in [0.25, 0.3) is 0 Å². The first-order valence-corrected chi connectivity index (χ1v) is 13.0. The lowest BCUT2D eigenvalue weighted by molar-refractivity contribution is 0.0112. The lowest BCUT2D eigenvalue weighted by Crippen LogP contribution is -2.49. The van der Waals surface area contributed by atoms with Crippen molar-refractivity contribution in [3.63, 3.8) is 0 Å². The zero-order valence-electron chi connectivity index (χ0n) is 18.9. The van der Waals surface area contributed by atoms with Gasteiger partial charge in [0, 0.05) is 5.92 Å². The number of benzene rings is 1. The largest absolute Gasteiger partial charge is 0.497 e. The summed E-state index contributed by atoms with van der Waals surface area (Å²) in [6.45, 7) is 18.3. The van der Waals surface area contributed by atoms with Crippen molar-refractivity contribution in [2.45, 2.75) is 65.5 Å². The molecule has 3 atom stereocenters. The van der Waals surface area contributed by atoms with Crippen molar-refractivity contribution < 1.29 is 13.9 Å². The quantitative estimate of drug-likeness (QED) is 0.530. The summed E-state index contributed by atoms with van der Waals surface area (Å²) >= 11 is 0. The molecular formula is C22H41NO3Si. The summed E-state index contributed by atoms with van der Waals surface area (Å²) in [5, 5.41) is 3.51. The van der Waals surface area contributed by atoms with E-state index in [4.69, 9.17) is 13.9 Å². The fourth-order valence-corrected chi connectivity index (χ4v) is 4.43. The third-order valence-electron chi connectivity index (χ3n) is 5.69. The Hall–Kier alpha value is -0.883. The van der Waals surface area contributed by atoms with Gasteiger partial charge < -0.3 is 19.2 Å². The summed E-state index contributed by atoms with van der Waals surface area (Å²) in [5.41, 5.74) is 1.16. The molecule has 0 bridgehead atoms. The van der Waals surface area contributed by atoms with Gasteiger partial charge in [0.1, 0.15) is 5.75 Å². The van der Waals surface area contributed by atoms with Crippen LogP contribution in [0.1, 0.15) is 40.2 Å². The molecule has 27 heavy (non-hydrogen) atoms. The van der Waals surface area contributed by atoms with Crippen LogP contribution in [0.25, 0.3) is 0 Å². The van der Waals surface area contributed by atoms with Crippen molar-refractivity contribution in [3.8, 4) is 5.75 Å². The average Bonchev–Trinajstić information content (AvgIpc) is 2.59. The Kier molecular flexibility index (Phi) is 9.49. The van der Waals surface area contributed by atoms with Gasteiger partial charge in [-0.2, -0.15) is 0 Å². The molecule has 0 radical (unpaired) electrons. The Morgan fingerprint density at radius 2 is 1.63 bits per heavy atom. The highest BCUT2D eigenvalue weighted by Crippen LogP contribution is 2.39. The van der Waals surface area contributed by atoms with E-state index in [2.05, 4.69) is 65.2 Å². The van der Waals surface area contributed by atoms with E-state index in [0.717, 1.165) is 17.9 Å². The number of nitrogens with one attached hydrogen (secondary N) is 1. The topological polar surface area (TPSA) is 39.7 Å². The van der Waals surface area contributed by atoms with Crippen molar-refractivity contribution in [2.24, 2.45) is 11.8 Å². The molecule has 0 aliphatic rings. The Morgan fingerprint density at radius 1 is 1.04 bits per heavy atom. The Bertz CT molecular complexity index is 539. The molecule has 5 heteroatoms. The summed E-state index contributed by atoms with van der Waals surface area (Å²) < 4.78 is 18.1. The van der Waals surface area contributed by atoms with Crippen LogP contribution in [0.15, 0.2) is 24.3 Å². The van der Waals surface area contributed by atoms with Crippen LogP contribution in [0.3, 0.4) is 0 Å². The van der Waals surface area contributed by atoms with Gasteiger partial charge in [-0.15, -0.1) is 0 Å². The SMILES string of the molecule is CNC[C@H](C)[C@@H](O[Si](C)(C)C(C)(C)C)[C@@H](C)COCc1ccc(OC)cc1. The molecule has 0 heterocycles. The van der Waals surface area contributed by atoms with Crippen LogP contribution in [0.4, 0.5) is 0 Å². The number of ether oxygens (including phenoxy) is 2. The summed E-state index contributed by atoms with van der Waals surface area (Å²) in [7, 11) is 1.85. The van der Waals surface area contributed by atoms with Gasteiger partial charge in [-0.1, -0.05) is 46.8 Å². The third kappa shape index (κ3) is 7.57. The van der Waals surface area contributed by atoms with Crippen LogP contribution < -0.4 is 10.1 Å². The third-order valence-corrected chi connectivity index (χ3v) is 10.2. The van der Waals surface area contributed by atoms with Gasteiger partial charge in [-0.05, 0) is 55.3 Å². The summed E-state index contributed by atoms with van der Waals surface area (Å²) in [4.78, 5) is 0. The molecule has 1 N–H and O–H groups in total. The summed E-state index contributed by atoms with van der Waals surface area (Å²) in [6.07, 6.45) is 0.189. The highest BCUT2D eigenvalue weighted by atomic mass is 28.4. The maximum Gasteiger partial charge on any atom is 0.192 e. The van der Waals surface area contributed by atoms with E-state index >= 15 is 0 Å². The molecule has 0 aromatic heterocycles. The second kappa shape index (κ2) is 10.6. The standard InChI is InChI=1S/C22H41NO3Si/c1-17(14-23-6)21(26-27(8,9)22(3,4)5)18(2)15-25-16-19-10-12-20(24-7)13-11-19/h10-13,17-18,21,23H,14-16H2,1-9H3/t17-,18-,21+/m0/s1. The number of hydrogen-bond donors (Lipinski definition) is 1. The highest BCUT2D eigenvalue weighted by molar-refractivity contribution is 6.74. The Balaban J connectivity index is 2.70. The second-order valence-electron chi connectivity index (χ2n) is 9.22. The van der Waals surface area contributed by atoms with E-state index in [9.17, 15) is 0 Å². The molecule has 0 aliphatic carbocycles. The molecule has 0 fully saturated rings. The van der Waals surface area contributed by atoms with Crippen molar-refractivity contribution >= 4 is 8.32 Å². The minimum Gasteiger partial charge on any atom is -0.497 e. The summed E-state index contributed by atoms with van der Waals surface area (Å²) in [5.74, 6) is 1.64. The molecule has 0 saturated heterocycles. The van der Waals surface area contributed by atoms with Crippen LogP contribution in [0, 0.1) is 11.8 Å². The van der Waals surface area contributed by atoms with E-state index in [1.807, 2.05) is 19.2 Å². The molecule has 0 amide bonds. The smallest absolute Gasteiger partial charge is 0.192 e. The normalized spacial score (nSPS) is 16.0. The van der Waals surface area contributed by atoms with Gasteiger partial charge in [0.15, 0.2) is 8.32 Å². The van der Waals surface area contributed by atoms with E-state index in [0.29, 0.717) is 25.0 Å². The minimum atomic E-state index is -1.83. The highest BCUT2D eigenvalue weighted by Gasteiger charge is 2.41. The fourth-order valence-electron chi connectivity index (χ4n) is 2.93. The average molecular weight is 396 g/mol. The van der Waals surface area contributed by atoms with Crippen LogP contribution in [0.2, 0.25) is 18.1 Å². The minimum absolute atomic E-state index is 0.189. The molecular weight excluding hydrogens is 354 g/mol. The van der Waals surface area contributed by atoms with E-state index in [-0.39, 0.29) is 11.1 Å². The van der Waals surface area contributed by atoms with Gasteiger partial charge in [0.2, 0.25) is 0 Å². The number of hydrogen-bond acceptors (Lipinski definition) is 4. The van der Waals surface area contributed by atoms with Crippen LogP contribution >= 0.6 is 0 Å². The Labute approximate surface area is 168 Å². The zero-order chi connectivity index (χ0) is 20.7. The molecule has 1 rings (SSSR count).